The highest BCUT2D eigenvalue weighted by Gasteiger charge is 2.16. The fourth-order valence-electron chi connectivity index (χ4n) is 3.27. The van der Waals surface area contributed by atoms with Crippen LogP contribution in [-0.2, 0) is 4.74 Å². The molecule has 1 aliphatic heterocycles. The number of hydrogen-bond donors (Lipinski definition) is 2. The average Bonchev–Trinajstić information content (AvgIpc) is 3.30. The number of carbonyl (C=O) groups is 2. The van der Waals surface area contributed by atoms with Crippen LogP contribution in [0.4, 0.5) is 5.69 Å². The van der Waals surface area contributed by atoms with Gasteiger partial charge in [-0.05, 0) is 67.8 Å². The van der Waals surface area contributed by atoms with Crippen LogP contribution in [0.2, 0.25) is 0 Å². The third-order valence-electron chi connectivity index (χ3n) is 5.05. The Hall–Kier alpha value is -2.86. The second kappa shape index (κ2) is 11.4. The summed E-state index contributed by atoms with van der Waals surface area (Å²) < 4.78 is 11.2. The maximum atomic E-state index is 12.4. The second-order valence-corrected chi connectivity index (χ2v) is 7.46. The van der Waals surface area contributed by atoms with Crippen molar-refractivity contribution in [3.05, 3.63) is 59.7 Å². The molecule has 2 aromatic rings. The number of amides is 2. The summed E-state index contributed by atoms with van der Waals surface area (Å²) in [4.78, 5) is 24.7. The number of hydrogen-bond acceptors (Lipinski definition) is 4. The van der Waals surface area contributed by atoms with Gasteiger partial charge >= 0.3 is 0 Å². The Morgan fingerprint density at radius 2 is 1.70 bits per heavy atom. The second-order valence-electron chi connectivity index (χ2n) is 7.46. The first kappa shape index (κ1) is 21.8. The minimum Gasteiger partial charge on any atom is -0.494 e. The summed E-state index contributed by atoms with van der Waals surface area (Å²) in [5.74, 6) is 0.419. The standard InChI is InChI=1S/C24H30N2O4/c1-2-3-4-15-29-21-13-9-19(10-14-21)24(28)26-20-11-7-18(8-12-20)23(27)25-17-22-6-5-16-30-22/h7-14,22H,2-6,15-17H2,1H3,(H,25,27)(H,26,28). The van der Waals surface area contributed by atoms with E-state index in [1.165, 1.54) is 0 Å². The zero-order valence-electron chi connectivity index (χ0n) is 17.5. The van der Waals surface area contributed by atoms with Gasteiger partial charge in [0.1, 0.15) is 5.75 Å². The first-order valence-corrected chi connectivity index (χ1v) is 10.7. The van der Waals surface area contributed by atoms with Crippen molar-refractivity contribution >= 4 is 17.5 Å². The zero-order chi connectivity index (χ0) is 21.2. The number of unbranched alkanes of at least 4 members (excludes halogenated alkanes) is 2. The number of anilines is 1. The molecule has 30 heavy (non-hydrogen) atoms. The van der Waals surface area contributed by atoms with E-state index in [9.17, 15) is 9.59 Å². The molecule has 160 valence electrons. The zero-order valence-corrected chi connectivity index (χ0v) is 17.5. The molecule has 6 nitrogen and oxygen atoms in total. The van der Waals surface area contributed by atoms with Gasteiger partial charge in [-0.15, -0.1) is 0 Å². The molecule has 1 atom stereocenters. The molecular formula is C24H30N2O4. The molecule has 2 amide bonds. The van der Waals surface area contributed by atoms with E-state index in [1.54, 1.807) is 36.4 Å². The number of rotatable bonds is 10. The van der Waals surface area contributed by atoms with Gasteiger partial charge in [0.2, 0.25) is 0 Å². The molecule has 1 heterocycles. The molecular weight excluding hydrogens is 380 g/mol. The average molecular weight is 411 g/mol. The molecule has 0 saturated carbocycles. The molecule has 2 aromatic carbocycles. The number of benzene rings is 2. The van der Waals surface area contributed by atoms with Crippen LogP contribution < -0.4 is 15.4 Å². The summed E-state index contributed by atoms with van der Waals surface area (Å²) in [5, 5.41) is 5.74. The lowest BCUT2D eigenvalue weighted by atomic mass is 10.1. The van der Waals surface area contributed by atoms with Crippen molar-refractivity contribution in [1.29, 1.82) is 0 Å². The first-order valence-electron chi connectivity index (χ1n) is 10.7. The van der Waals surface area contributed by atoms with E-state index in [4.69, 9.17) is 9.47 Å². The van der Waals surface area contributed by atoms with Crippen LogP contribution in [0, 0.1) is 0 Å². The van der Waals surface area contributed by atoms with Gasteiger partial charge in [0.25, 0.3) is 11.8 Å². The fraction of sp³-hybridized carbons (Fsp3) is 0.417. The Balaban J connectivity index is 1.47. The Morgan fingerprint density at radius 1 is 1.00 bits per heavy atom. The van der Waals surface area contributed by atoms with Gasteiger partial charge < -0.3 is 20.1 Å². The smallest absolute Gasteiger partial charge is 0.255 e. The summed E-state index contributed by atoms with van der Waals surface area (Å²) >= 11 is 0. The molecule has 0 aliphatic carbocycles. The van der Waals surface area contributed by atoms with Crippen LogP contribution in [0.3, 0.4) is 0 Å². The van der Waals surface area contributed by atoms with Gasteiger partial charge in [-0.25, -0.2) is 0 Å². The molecule has 1 saturated heterocycles. The van der Waals surface area contributed by atoms with Crippen molar-refractivity contribution in [3.8, 4) is 5.75 Å². The molecule has 0 aromatic heterocycles. The summed E-state index contributed by atoms with van der Waals surface area (Å²) in [5.41, 5.74) is 1.74. The van der Waals surface area contributed by atoms with Crippen LogP contribution in [0.5, 0.6) is 5.75 Å². The van der Waals surface area contributed by atoms with Gasteiger partial charge in [0.15, 0.2) is 0 Å². The minimum atomic E-state index is -0.205. The van der Waals surface area contributed by atoms with Crippen LogP contribution in [-0.4, -0.2) is 37.7 Å². The molecule has 2 N–H and O–H groups in total. The maximum absolute atomic E-state index is 12.4. The van der Waals surface area contributed by atoms with Crippen LogP contribution in [0.25, 0.3) is 0 Å². The third-order valence-corrected chi connectivity index (χ3v) is 5.05. The van der Waals surface area contributed by atoms with Crippen LogP contribution in [0.15, 0.2) is 48.5 Å². The lowest BCUT2D eigenvalue weighted by Gasteiger charge is -2.11. The van der Waals surface area contributed by atoms with Gasteiger partial charge in [-0.1, -0.05) is 19.8 Å². The van der Waals surface area contributed by atoms with E-state index in [1.807, 2.05) is 12.1 Å². The van der Waals surface area contributed by atoms with E-state index in [2.05, 4.69) is 17.6 Å². The van der Waals surface area contributed by atoms with Crippen LogP contribution in [0.1, 0.15) is 59.7 Å². The fourth-order valence-corrected chi connectivity index (χ4v) is 3.27. The van der Waals surface area contributed by atoms with Crippen molar-refractivity contribution < 1.29 is 19.1 Å². The maximum Gasteiger partial charge on any atom is 0.255 e. The van der Waals surface area contributed by atoms with Crippen LogP contribution >= 0.6 is 0 Å². The summed E-state index contributed by atoms with van der Waals surface area (Å²) in [6.07, 6.45) is 5.47. The molecule has 1 fully saturated rings. The van der Waals surface area contributed by atoms with Crippen molar-refractivity contribution in [2.75, 3.05) is 25.1 Å². The van der Waals surface area contributed by atoms with Crippen molar-refractivity contribution in [2.24, 2.45) is 0 Å². The number of carbonyl (C=O) groups excluding carboxylic acids is 2. The summed E-state index contributed by atoms with van der Waals surface area (Å²) in [6, 6.07) is 14.0. The predicted molar refractivity (Wildman–Crippen MR) is 117 cm³/mol. The topological polar surface area (TPSA) is 76.7 Å². The van der Waals surface area contributed by atoms with Gasteiger partial charge in [-0.3, -0.25) is 9.59 Å². The van der Waals surface area contributed by atoms with Gasteiger partial charge in [-0.2, -0.15) is 0 Å². The van der Waals surface area contributed by atoms with Crippen molar-refractivity contribution in [1.82, 2.24) is 5.32 Å². The normalized spacial score (nSPS) is 15.6. The SMILES string of the molecule is CCCCCOc1ccc(C(=O)Nc2ccc(C(=O)NCC3CCCO3)cc2)cc1. The van der Waals surface area contributed by atoms with Crippen molar-refractivity contribution in [3.63, 3.8) is 0 Å². The summed E-state index contributed by atoms with van der Waals surface area (Å²) in [6.45, 7) is 4.13. The lowest BCUT2D eigenvalue weighted by molar-refractivity contribution is 0.0857. The highest BCUT2D eigenvalue weighted by Crippen LogP contribution is 2.16. The third kappa shape index (κ3) is 6.59. The molecule has 0 radical (unpaired) electrons. The Morgan fingerprint density at radius 3 is 2.37 bits per heavy atom. The monoisotopic (exact) mass is 410 g/mol. The molecule has 1 aliphatic rings. The largest absolute Gasteiger partial charge is 0.494 e. The van der Waals surface area contributed by atoms with E-state index >= 15 is 0 Å². The van der Waals surface area contributed by atoms with Gasteiger partial charge in [0, 0.05) is 30.0 Å². The number of nitrogens with one attached hydrogen (secondary N) is 2. The highest BCUT2D eigenvalue weighted by atomic mass is 16.5. The lowest BCUT2D eigenvalue weighted by Crippen LogP contribution is -2.31. The quantitative estimate of drug-likeness (QED) is 0.569. The minimum absolute atomic E-state index is 0.112. The molecule has 6 heteroatoms. The predicted octanol–water partition coefficient (Wildman–Crippen LogP) is 4.42. The number of ether oxygens (including phenoxy) is 2. The van der Waals surface area contributed by atoms with E-state index in [-0.39, 0.29) is 17.9 Å². The van der Waals surface area contributed by atoms with Gasteiger partial charge in [0.05, 0.1) is 12.7 Å². The molecule has 1 unspecified atom stereocenters. The molecule has 0 bridgehead atoms. The summed E-state index contributed by atoms with van der Waals surface area (Å²) in [7, 11) is 0. The van der Waals surface area contributed by atoms with E-state index in [0.717, 1.165) is 44.5 Å². The van der Waals surface area contributed by atoms with E-state index in [0.29, 0.717) is 30.0 Å². The first-order chi connectivity index (χ1) is 14.7. The molecule has 3 rings (SSSR count). The Kier molecular flexibility index (Phi) is 8.27. The molecule has 0 spiro atoms. The van der Waals surface area contributed by atoms with E-state index < -0.39 is 0 Å². The highest BCUT2D eigenvalue weighted by molar-refractivity contribution is 6.04. The Labute approximate surface area is 178 Å². The Bertz CT molecular complexity index is 812. The van der Waals surface area contributed by atoms with Crippen molar-refractivity contribution in [2.45, 2.75) is 45.1 Å².